The van der Waals surface area contributed by atoms with E-state index < -0.39 is 0 Å². The van der Waals surface area contributed by atoms with Gasteiger partial charge in [0.2, 0.25) is 11.8 Å². The third kappa shape index (κ3) is 3.74. The molecule has 6 heteroatoms. The molecule has 0 unspecified atom stereocenters. The molecule has 0 saturated heterocycles. The van der Waals surface area contributed by atoms with Crippen molar-refractivity contribution in [2.75, 3.05) is 12.4 Å². The molecule has 1 N–H and O–H groups in total. The lowest BCUT2D eigenvalue weighted by Crippen LogP contribution is -2.24. The van der Waals surface area contributed by atoms with Crippen LogP contribution in [-0.4, -0.2) is 28.7 Å². The van der Waals surface area contributed by atoms with E-state index in [9.17, 15) is 9.59 Å². The van der Waals surface area contributed by atoms with Gasteiger partial charge in [-0.05, 0) is 53.5 Å². The van der Waals surface area contributed by atoms with E-state index in [0.717, 1.165) is 27.7 Å². The van der Waals surface area contributed by atoms with E-state index in [1.54, 1.807) is 36.6 Å². The van der Waals surface area contributed by atoms with Gasteiger partial charge in [0.25, 0.3) is 0 Å². The molecule has 0 atom stereocenters. The van der Waals surface area contributed by atoms with Gasteiger partial charge in [0.1, 0.15) is 11.4 Å². The Morgan fingerprint density at radius 2 is 2.19 bits per heavy atom. The number of rotatable bonds is 4. The van der Waals surface area contributed by atoms with Crippen LogP contribution in [0.3, 0.4) is 0 Å². The van der Waals surface area contributed by atoms with Gasteiger partial charge in [-0.25, -0.2) is 4.98 Å². The molecule has 0 fully saturated rings. The number of likely N-dealkylation sites (N-methyl/N-ethyl adjacent to an activating group) is 1. The van der Waals surface area contributed by atoms with Crippen LogP contribution >= 0.6 is 0 Å². The Balaban J connectivity index is 1.42. The predicted molar refractivity (Wildman–Crippen MR) is 103 cm³/mol. The van der Waals surface area contributed by atoms with Crippen molar-refractivity contribution < 1.29 is 14.0 Å². The zero-order chi connectivity index (χ0) is 18.8. The zero-order valence-corrected chi connectivity index (χ0v) is 14.9. The van der Waals surface area contributed by atoms with Crippen molar-refractivity contribution in [3.8, 4) is 0 Å². The van der Waals surface area contributed by atoms with Gasteiger partial charge in [-0.15, -0.1) is 0 Å². The standard InChI is InChI=1S/C21H19N3O3/c1-24(13-15-2-5-18-16(11-15)8-9-27-18)20(26)7-3-14-10-17-4-6-19(25)23-21(17)22-12-14/h2-3,5,7-12H,4,6,13H2,1H3,(H,22,23,25). The number of hydrogen-bond donors (Lipinski definition) is 1. The first kappa shape index (κ1) is 17.0. The van der Waals surface area contributed by atoms with Crippen molar-refractivity contribution in [2.45, 2.75) is 19.4 Å². The van der Waals surface area contributed by atoms with Crippen LogP contribution in [0.1, 0.15) is 23.1 Å². The molecule has 1 aromatic carbocycles. The van der Waals surface area contributed by atoms with Gasteiger partial charge in [0.15, 0.2) is 0 Å². The van der Waals surface area contributed by atoms with Crippen LogP contribution in [0.2, 0.25) is 0 Å². The zero-order valence-electron chi connectivity index (χ0n) is 14.9. The third-order valence-corrected chi connectivity index (χ3v) is 4.60. The number of nitrogens with zero attached hydrogens (tertiary/aromatic N) is 2. The summed E-state index contributed by atoms with van der Waals surface area (Å²) in [6.45, 7) is 0.513. The monoisotopic (exact) mass is 361 g/mol. The van der Waals surface area contributed by atoms with Gasteiger partial charge in [-0.2, -0.15) is 0 Å². The number of hydrogen-bond acceptors (Lipinski definition) is 4. The molecule has 3 heterocycles. The van der Waals surface area contributed by atoms with Crippen LogP contribution in [0.25, 0.3) is 17.0 Å². The Kier molecular flexibility index (Phi) is 4.46. The highest BCUT2D eigenvalue weighted by atomic mass is 16.3. The number of carbonyl (C=O) groups excluding carboxylic acids is 2. The van der Waals surface area contributed by atoms with Gasteiger partial charge in [0, 0.05) is 37.7 Å². The average Bonchev–Trinajstić information content (AvgIpc) is 3.13. The fourth-order valence-electron chi connectivity index (χ4n) is 3.13. The van der Waals surface area contributed by atoms with Crippen molar-refractivity contribution in [1.82, 2.24) is 9.88 Å². The topological polar surface area (TPSA) is 75.4 Å². The van der Waals surface area contributed by atoms with Crippen LogP contribution in [0.15, 0.2) is 53.3 Å². The summed E-state index contributed by atoms with van der Waals surface area (Å²) in [4.78, 5) is 29.7. The number of fused-ring (bicyclic) bond motifs is 2. The van der Waals surface area contributed by atoms with E-state index in [-0.39, 0.29) is 11.8 Å². The minimum Gasteiger partial charge on any atom is -0.464 e. The van der Waals surface area contributed by atoms with Gasteiger partial charge < -0.3 is 14.6 Å². The maximum absolute atomic E-state index is 12.4. The van der Waals surface area contributed by atoms with E-state index in [2.05, 4.69) is 10.3 Å². The Morgan fingerprint density at radius 1 is 1.30 bits per heavy atom. The summed E-state index contributed by atoms with van der Waals surface area (Å²) >= 11 is 0. The summed E-state index contributed by atoms with van der Waals surface area (Å²) in [6.07, 6.45) is 7.73. The average molecular weight is 361 g/mol. The van der Waals surface area contributed by atoms with Gasteiger partial charge in [-0.1, -0.05) is 6.07 Å². The lowest BCUT2D eigenvalue weighted by Gasteiger charge is -2.16. The normalized spacial score (nSPS) is 13.6. The largest absolute Gasteiger partial charge is 0.464 e. The van der Waals surface area contributed by atoms with Crippen LogP contribution in [-0.2, 0) is 22.6 Å². The number of carbonyl (C=O) groups is 2. The smallest absolute Gasteiger partial charge is 0.246 e. The van der Waals surface area contributed by atoms with Gasteiger partial charge in [-0.3, -0.25) is 9.59 Å². The quantitative estimate of drug-likeness (QED) is 0.723. The summed E-state index contributed by atoms with van der Waals surface area (Å²) < 4.78 is 5.34. The molecular weight excluding hydrogens is 342 g/mol. The molecule has 2 aromatic heterocycles. The second-order valence-electron chi connectivity index (χ2n) is 6.64. The molecule has 3 aromatic rings. The fraction of sp³-hybridized carbons (Fsp3) is 0.190. The first-order chi connectivity index (χ1) is 13.1. The maximum Gasteiger partial charge on any atom is 0.246 e. The number of aryl methyl sites for hydroxylation is 1. The highest BCUT2D eigenvalue weighted by Gasteiger charge is 2.15. The van der Waals surface area contributed by atoms with Gasteiger partial charge >= 0.3 is 0 Å². The molecule has 136 valence electrons. The molecular formula is C21H19N3O3. The molecule has 0 spiro atoms. The summed E-state index contributed by atoms with van der Waals surface area (Å²) in [5.41, 5.74) is 3.71. The first-order valence-corrected chi connectivity index (χ1v) is 8.76. The number of aromatic nitrogens is 1. The minimum atomic E-state index is -0.0895. The summed E-state index contributed by atoms with van der Waals surface area (Å²) in [5.74, 6) is 0.513. The SMILES string of the molecule is CN(Cc1ccc2occc2c1)C(=O)C=Cc1cnc2c(c1)CCC(=O)N2. The highest BCUT2D eigenvalue weighted by molar-refractivity contribution is 5.93. The van der Waals surface area contributed by atoms with Crippen molar-refractivity contribution in [2.24, 2.45) is 0 Å². The Hall–Kier alpha value is -3.41. The molecule has 2 amide bonds. The molecule has 0 saturated carbocycles. The fourth-order valence-corrected chi connectivity index (χ4v) is 3.13. The van der Waals surface area contributed by atoms with E-state index in [1.807, 2.05) is 30.3 Å². The Labute approximate surface area is 156 Å². The first-order valence-electron chi connectivity index (χ1n) is 8.76. The molecule has 1 aliphatic rings. The highest BCUT2D eigenvalue weighted by Crippen LogP contribution is 2.21. The lowest BCUT2D eigenvalue weighted by molar-refractivity contribution is -0.125. The van der Waals surface area contributed by atoms with E-state index >= 15 is 0 Å². The van der Waals surface area contributed by atoms with Crippen LogP contribution in [0, 0.1) is 0 Å². The summed E-state index contributed by atoms with van der Waals surface area (Å²) in [7, 11) is 1.77. The van der Waals surface area contributed by atoms with Crippen molar-refractivity contribution in [1.29, 1.82) is 0 Å². The summed E-state index contributed by atoms with van der Waals surface area (Å²) in [5, 5.41) is 3.78. The minimum absolute atomic E-state index is 0.0105. The maximum atomic E-state index is 12.4. The van der Waals surface area contributed by atoms with Crippen LogP contribution < -0.4 is 5.32 Å². The van der Waals surface area contributed by atoms with E-state index in [1.165, 1.54) is 0 Å². The molecule has 0 radical (unpaired) electrons. The van der Waals surface area contributed by atoms with E-state index in [0.29, 0.717) is 25.2 Å². The molecule has 1 aliphatic heterocycles. The summed E-state index contributed by atoms with van der Waals surface area (Å²) in [6, 6.07) is 9.76. The number of pyridine rings is 1. The second kappa shape index (κ2) is 7.07. The number of nitrogens with one attached hydrogen (secondary N) is 1. The Morgan fingerprint density at radius 3 is 3.07 bits per heavy atom. The Bertz CT molecular complexity index is 1050. The van der Waals surface area contributed by atoms with Crippen LogP contribution in [0.5, 0.6) is 0 Å². The van der Waals surface area contributed by atoms with Gasteiger partial charge in [0.05, 0.1) is 6.26 Å². The van der Waals surface area contributed by atoms with Crippen molar-refractivity contribution in [3.63, 3.8) is 0 Å². The predicted octanol–water partition coefficient (Wildman–Crippen LogP) is 3.38. The number of anilines is 1. The van der Waals surface area contributed by atoms with Crippen molar-refractivity contribution in [3.05, 3.63) is 65.6 Å². The molecule has 27 heavy (non-hydrogen) atoms. The molecule has 6 nitrogen and oxygen atoms in total. The molecule has 0 bridgehead atoms. The number of benzene rings is 1. The third-order valence-electron chi connectivity index (χ3n) is 4.60. The van der Waals surface area contributed by atoms with E-state index in [4.69, 9.17) is 4.42 Å². The molecule has 0 aliphatic carbocycles. The lowest BCUT2D eigenvalue weighted by atomic mass is 10.0. The van der Waals surface area contributed by atoms with Crippen molar-refractivity contribution >= 4 is 34.7 Å². The van der Waals surface area contributed by atoms with Crippen LogP contribution in [0.4, 0.5) is 5.82 Å². The number of furan rings is 1. The molecule has 4 rings (SSSR count). The second-order valence-corrected chi connectivity index (χ2v) is 6.64. The number of amides is 2.